The molecular weight excluding hydrogens is 282 g/mol. The lowest BCUT2D eigenvalue weighted by Gasteiger charge is -2.07. The number of nitrogen functional groups attached to an aromatic ring is 1. The van der Waals surface area contributed by atoms with Crippen LogP contribution in [-0.4, -0.2) is 9.97 Å². The Morgan fingerprint density at radius 2 is 1.22 bits per heavy atom. The number of rotatable bonds is 2. The van der Waals surface area contributed by atoms with E-state index in [2.05, 4.69) is 40.3 Å². The van der Waals surface area contributed by atoms with E-state index in [0.29, 0.717) is 0 Å². The second-order valence-corrected chi connectivity index (χ2v) is 5.42. The molecule has 0 radical (unpaired) electrons. The first kappa shape index (κ1) is 13.5. The molecule has 1 aromatic heterocycles. The number of fused-ring (bicyclic) bond motifs is 1. The Bertz CT molecular complexity index is 978. The fourth-order valence-electron chi connectivity index (χ4n) is 2.72. The van der Waals surface area contributed by atoms with E-state index in [1.807, 2.05) is 48.5 Å². The van der Waals surface area contributed by atoms with E-state index < -0.39 is 0 Å². The van der Waals surface area contributed by atoms with Gasteiger partial charge in [0.1, 0.15) is 0 Å². The quantitative estimate of drug-likeness (QED) is 0.590. The minimum absolute atomic E-state index is 0.287. The van der Waals surface area contributed by atoms with Crippen molar-refractivity contribution in [3.8, 4) is 22.5 Å². The van der Waals surface area contributed by atoms with Crippen LogP contribution in [0.4, 0.5) is 5.95 Å². The van der Waals surface area contributed by atoms with Crippen LogP contribution in [0.25, 0.3) is 33.3 Å². The van der Waals surface area contributed by atoms with Crippen molar-refractivity contribution in [1.29, 1.82) is 0 Å². The topological polar surface area (TPSA) is 51.8 Å². The molecule has 0 atom stereocenters. The Balaban J connectivity index is 1.86. The highest BCUT2D eigenvalue weighted by molar-refractivity contribution is 5.87. The highest BCUT2D eigenvalue weighted by Crippen LogP contribution is 2.27. The third-order valence-electron chi connectivity index (χ3n) is 3.86. The lowest BCUT2D eigenvalue weighted by atomic mass is 10.0. The van der Waals surface area contributed by atoms with Crippen LogP contribution in [0.3, 0.4) is 0 Å². The van der Waals surface area contributed by atoms with Gasteiger partial charge in [-0.1, -0.05) is 66.7 Å². The molecule has 0 aliphatic rings. The number of anilines is 1. The van der Waals surface area contributed by atoms with Gasteiger partial charge in [0.2, 0.25) is 5.95 Å². The molecule has 3 aromatic carbocycles. The van der Waals surface area contributed by atoms with Crippen molar-refractivity contribution in [1.82, 2.24) is 9.97 Å². The minimum atomic E-state index is 0.287. The Morgan fingerprint density at radius 3 is 2.00 bits per heavy atom. The van der Waals surface area contributed by atoms with Crippen LogP contribution in [0.5, 0.6) is 0 Å². The van der Waals surface area contributed by atoms with Crippen molar-refractivity contribution in [2.45, 2.75) is 0 Å². The molecule has 0 saturated heterocycles. The van der Waals surface area contributed by atoms with Crippen LogP contribution in [0.1, 0.15) is 0 Å². The largest absolute Gasteiger partial charge is 0.368 e. The zero-order valence-electron chi connectivity index (χ0n) is 12.5. The van der Waals surface area contributed by atoms with Crippen LogP contribution in [0.15, 0.2) is 78.9 Å². The SMILES string of the molecule is Nc1nc(-c2ccccc2)cc(-c2ccc3ccccc3c2)n1. The molecule has 23 heavy (non-hydrogen) atoms. The minimum Gasteiger partial charge on any atom is -0.368 e. The summed E-state index contributed by atoms with van der Waals surface area (Å²) in [6.07, 6.45) is 0. The summed E-state index contributed by atoms with van der Waals surface area (Å²) in [5.41, 5.74) is 9.66. The summed E-state index contributed by atoms with van der Waals surface area (Å²) in [4.78, 5) is 8.76. The molecule has 2 N–H and O–H groups in total. The van der Waals surface area contributed by atoms with E-state index in [4.69, 9.17) is 5.73 Å². The first-order valence-corrected chi connectivity index (χ1v) is 7.49. The predicted molar refractivity (Wildman–Crippen MR) is 94.8 cm³/mol. The van der Waals surface area contributed by atoms with Gasteiger partial charge in [-0.3, -0.25) is 0 Å². The van der Waals surface area contributed by atoms with Gasteiger partial charge < -0.3 is 5.73 Å². The fourth-order valence-corrected chi connectivity index (χ4v) is 2.72. The molecule has 0 amide bonds. The highest BCUT2D eigenvalue weighted by Gasteiger charge is 2.07. The van der Waals surface area contributed by atoms with Crippen molar-refractivity contribution in [3.05, 3.63) is 78.9 Å². The highest BCUT2D eigenvalue weighted by atomic mass is 15.0. The number of nitrogens with zero attached hydrogens (tertiary/aromatic N) is 2. The van der Waals surface area contributed by atoms with Gasteiger partial charge in [-0.2, -0.15) is 0 Å². The molecule has 0 fully saturated rings. The molecule has 110 valence electrons. The van der Waals surface area contributed by atoms with Crippen LogP contribution < -0.4 is 5.73 Å². The van der Waals surface area contributed by atoms with Gasteiger partial charge >= 0.3 is 0 Å². The average Bonchev–Trinajstić information content (AvgIpc) is 2.61. The molecule has 0 unspecified atom stereocenters. The third kappa shape index (κ3) is 2.64. The number of hydrogen-bond acceptors (Lipinski definition) is 3. The van der Waals surface area contributed by atoms with E-state index in [1.54, 1.807) is 0 Å². The van der Waals surface area contributed by atoms with Crippen LogP contribution in [0, 0.1) is 0 Å². The summed E-state index contributed by atoms with van der Waals surface area (Å²) in [5.74, 6) is 0.287. The van der Waals surface area contributed by atoms with Gasteiger partial charge in [0, 0.05) is 11.1 Å². The molecule has 3 heteroatoms. The maximum atomic E-state index is 5.92. The number of nitrogens with two attached hydrogens (primary N) is 1. The van der Waals surface area contributed by atoms with E-state index >= 15 is 0 Å². The van der Waals surface area contributed by atoms with Crippen molar-refractivity contribution in [2.75, 3.05) is 5.73 Å². The maximum Gasteiger partial charge on any atom is 0.221 e. The third-order valence-corrected chi connectivity index (χ3v) is 3.86. The van der Waals surface area contributed by atoms with E-state index in [0.717, 1.165) is 22.5 Å². The molecule has 0 spiro atoms. The Kier molecular flexibility index (Phi) is 3.24. The summed E-state index contributed by atoms with van der Waals surface area (Å²) >= 11 is 0. The zero-order valence-corrected chi connectivity index (χ0v) is 12.5. The summed E-state index contributed by atoms with van der Waals surface area (Å²) in [7, 11) is 0. The van der Waals surface area contributed by atoms with Crippen molar-refractivity contribution in [2.24, 2.45) is 0 Å². The molecular formula is C20H15N3. The van der Waals surface area contributed by atoms with Crippen molar-refractivity contribution < 1.29 is 0 Å². The van der Waals surface area contributed by atoms with Crippen molar-refractivity contribution >= 4 is 16.7 Å². The smallest absolute Gasteiger partial charge is 0.221 e. The van der Waals surface area contributed by atoms with Gasteiger partial charge in [0.15, 0.2) is 0 Å². The second kappa shape index (κ2) is 5.54. The predicted octanol–water partition coefficient (Wildman–Crippen LogP) is 4.55. The fraction of sp³-hybridized carbons (Fsp3) is 0. The lowest BCUT2D eigenvalue weighted by Crippen LogP contribution is -1.98. The van der Waals surface area contributed by atoms with Crippen LogP contribution in [0.2, 0.25) is 0 Å². The molecule has 3 nitrogen and oxygen atoms in total. The molecule has 1 heterocycles. The molecule has 4 rings (SSSR count). The summed E-state index contributed by atoms with van der Waals surface area (Å²) in [6.45, 7) is 0. The van der Waals surface area contributed by atoms with Gasteiger partial charge in [-0.25, -0.2) is 9.97 Å². The molecule has 0 aliphatic heterocycles. The first-order valence-electron chi connectivity index (χ1n) is 7.49. The molecule has 0 bridgehead atoms. The van der Waals surface area contributed by atoms with E-state index in [-0.39, 0.29) is 5.95 Å². The zero-order chi connectivity index (χ0) is 15.6. The van der Waals surface area contributed by atoms with Crippen molar-refractivity contribution in [3.63, 3.8) is 0 Å². The second-order valence-electron chi connectivity index (χ2n) is 5.42. The number of aromatic nitrogens is 2. The number of benzene rings is 3. The first-order chi connectivity index (χ1) is 11.3. The summed E-state index contributed by atoms with van der Waals surface area (Å²) in [6, 6.07) is 26.6. The summed E-state index contributed by atoms with van der Waals surface area (Å²) in [5, 5.41) is 2.39. The monoisotopic (exact) mass is 297 g/mol. The maximum absolute atomic E-state index is 5.92. The van der Waals surface area contributed by atoms with E-state index in [9.17, 15) is 0 Å². The Hall–Kier alpha value is -3.20. The van der Waals surface area contributed by atoms with Gasteiger partial charge in [-0.05, 0) is 22.9 Å². The normalized spacial score (nSPS) is 10.8. The Morgan fingerprint density at radius 1 is 0.565 bits per heavy atom. The van der Waals surface area contributed by atoms with Crippen LogP contribution in [-0.2, 0) is 0 Å². The van der Waals surface area contributed by atoms with Gasteiger partial charge in [0.05, 0.1) is 11.4 Å². The molecule has 4 aromatic rings. The van der Waals surface area contributed by atoms with Gasteiger partial charge in [0.25, 0.3) is 0 Å². The van der Waals surface area contributed by atoms with E-state index in [1.165, 1.54) is 10.8 Å². The number of hydrogen-bond donors (Lipinski definition) is 1. The van der Waals surface area contributed by atoms with Gasteiger partial charge in [-0.15, -0.1) is 0 Å². The standard InChI is InChI=1S/C20H15N3/c21-20-22-18(15-7-2-1-3-8-15)13-19(23-20)17-11-10-14-6-4-5-9-16(14)12-17/h1-13H,(H2,21,22,23). The Labute approximate surface area is 134 Å². The molecule has 0 aliphatic carbocycles. The van der Waals surface area contributed by atoms with Crippen LogP contribution >= 0.6 is 0 Å². The molecule has 0 saturated carbocycles. The lowest BCUT2D eigenvalue weighted by molar-refractivity contribution is 1.19. The average molecular weight is 297 g/mol. The summed E-state index contributed by atoms with van der Waals surface area (Å²) < 4.78 is 0.